The second-order valence-electron chi connectivity index (χ2n) is 9.53. The summed E-state index contributed by atoms with van der Waals surface area (Å²) < 4.78 is 17.0. The van der Waals surface area contributed by atoms with Crippen molar-refractivity contribution in [1.29, 1.82) is 0 Å². The summed E-state index contributed by atoms with van der Waals surface area (Å²) in [5.74, 6) is 0.559. The maximum atomic E-state index is 12.8. The number of benzene rings is 1. The number of amides is 1. The zero-order chi connectivity index (χ0) is 24.1. The van der Waals surface area contributed by atoms with Crippen LogP contribution in [0.15, 0.2) is 34.9 Å². The maximum Gasteiger partial charge on any atom is 0.305 e. The van der Waals surface area contributed by atoms with Gasteiger partial charge in [0.2, 0.25) is 5.89 Å². The summed E-state index contributed by atoms with van der Waals surface area (Å²) in [6, 6.07) is 8.26. The summed E-state index contributed by atoms with van der Waals surface area (Å²) in [5, 5.41) is 0. The highest BCUT2D eigenvalue weighted by Gasteiger charge is 2.51. The van der Waals surface area contributed by atoms with Gasteiger partial charge in [0, 0.05) is 25.9 Å². The van der Waals surface area contributed by atoms with E-state index in [1.54, 1.807) is 4.90 Å². The average Bonchev–Trinajstić information content (AvgIpc) is 3.59. The third-order valence-corrected chi connectivity index (χ3v) is 7.29. The molecule has 0 spiro atoms. The highest BCUT2D eigenvalue weighted by Crippen LogP contribution is 2.50. The topological polar surface area (TPSA) is 81.9 Å². The minimum absolute atomic E-state index is 0.0272. The number of aromatic nitrogens is 1. The molecule has 0 unspecified atom stereocenters. The molecule has 0 aliphatic carbocycles. The molecule has 4 rings (SSSR count). The molecule has 0 N–H and O–H groups in total. The molecule has 0 saturated carbocycles. The smallest absolute Gasteiger partial charge is 0.305 e. The zero-order valence-electron chi connectivity index (χ0n) is 20.5. The van der Waals surface area contributed by atoms with E-state index in [4.69, 9.17) is 13.9 Å². The van der Waals surface area contributed by atoms with Crippen molar-refractivity contribution in [3.8, 4) is 0 Å². The van der Waals surface area contributed by atoms with Crippen molar-refractivity contribution in [1.82, 2.24) is 9.88 Å². The first-order chi connectivity index (χ1) is 16.5. The van der Waals surface area contributed by atoms with Gasteiger partial charge < -0.3 is 18.8 Å². The molecule has 7 heteroatoms. The predicted molar refractivity (Wildman–Crippen MR) is 128 cm³/mol. The molecular weight excluding hydrogens is 432 g/mol. The van der Waals surface area contributed by atoms with Gasteiger partial charge in [-0.25, -0.2) is 4.98 Å². The summed E-state index contributed by atoms with van der Waals surface area (Å²) in [6.07, 6.45) is 8.79. The monoisotopic (exact) mass is 468 g/mol. The standard InChI is InChI=1S/C27H36N2O5/c1-4-5-8-15-29(2)27(31)21-17-33-26(28-21)25-20(22-12-13-23(25)34-22)16-19-10-7-6-9-18(19)11-14-24(30)32-3/h6-7,9-10,17,20,22-23,25H,4-5,8,11-16H2,1-3H3/t20-,22-,23+,25-/m0/s1. The van der Waals surface area contributed by atoms with Crippen molar-refractivity contribution in [2.75, 3.05) is 20.7 Å². The first kappa shape index (κ1) is 24.5. The lowest BCUT2D eigenvalue weighted by Gasteiger charge is -2.26. The second-order valence-corrected chi connectivity index (χ2v) is 9.53. The fourth-order valence-corrected chi connectivity index (χ4v) is 5.40. The molecular formula is C27H36N2O5. The van der Waals surface area contributed by atoms with Crippen molar-refractivity contribution in [2.24, 2.45) is 5.92 Å². The van der Waals surface area contributed by atoms with Crippen LogP contribution in [0.3, 0.4) is 0 Å². The SMILES string of the molecule is CCCCCN(C)C(=O)c1coc([C@H]2[C@@H](Cc3ccccc3CCC(=O)OC)[C@@H]3CC[C@H]2O3)n1. The van der Waals surface area contributed by atoms with Gasteiger partial charge in [0.1, 0.15) is 6.26 Å². The number of ether oxygens (including phenoxy) is 2. The minimum Gasteiger partial charge on any atom is -0.469 e. The van der Waals surface area contributed by atoms with Crippen molar-refractivity contribution < 1.29 is 23.5 Å². The van der Waals surface area contributed by atoms with Gasteiger partial charge in [-0.05, 0) is 43.2 Å². The van der Waals surface area contributed by atoms with Crippen LogP contribution in [0.25, 0.3) is 0 Å². The number of hydrogen-bond acceptors (Lipinski definition) is 6. The number of oxazole rings is 1. The van der Waals surface area contributed by atoms with Crippen LogP contribution in [0.2, 0.25) is 0 Å². The zero-order valence-corrected chi connectivity index (χ0v) is 20.5. The number of carbonyl (C=O) groups is 2. The Labute approximate surface area is 201 Å². The molecule has 1 aromatic heterocycles. The van der Waals surface area contributed by atoms with E-state index in [9.17, 15) is 9.59 Å². The maximum absolute atomic E-state index is 12.8. The lowest BCUT2D eigenvalue weighted by Crippen LogP contribution is -2.29. The number of nitrogens with zero attached hydrogens (tertiary/aromatic N) is 2. The number of rotatable bonds is 11. The summed E-state index contributed by atoms with van der Waals surface area (Å²) >= 11 is 0. The fraction of sp³-hybridized carbons (Fsp3) is 0.593. The molecule has 34 heavy (non-hydrogen) atoms. The van der Waals surface area contributed by atoms with E-state index < -0.39 is 0 Å². The fourth-order valence-electron chi connectivity index (χ4n) is 5.40. The van der Waals surface area contributed by atoms with Gasteiger partial charge in [0.25, 0.3) is 5.91 Å². The molecule has 184 valence electrons. The Morgan fingerprint density at radius 1 is 1.15 bits per heavy atom. The number of esters is 1. The van der Waals surface area contributed by atoms with Gasteiger partial charge in [0.15, 0.2) is 5.69 Å². The van der Waals surface area contributed by atoms with Crippen molar-refractivity contribution in [3.05, 3.63) is 53.2 Å². The Bertz CT molecular complexity index is 987. The molecule has 2 aliphatic heterocycles. The highest BCUT2D eigenvalue weighted by atomic mass is 16.5. The molecule has 2 saturated heterocycles. The number of hydrogen-bond donors (Lipinski definition) is 0. The first-order valence-corrected chi connectivity index (χ1v) is 12.5. The van der Waals surface area contributed by atoms with Crippen molar-refractivity contribution in [2.45, 2.75) is 76.4 Å². The lowest BCUT2D eigenvalue weighted by molar-refractivity contribution is -0.140. The summed E-state index contributed by atoms with van der Waals surface area (Å²) in [5.41, 5.74) is 2.75. The van der Waals surface area contributed by atoms with Crippen molar-refractivity contribution in [3.63, 3.8) is 0 Å². The number of aryl methyl sites for hydroxylation is 1. The third kappa shape index (κ3) is 5.35. The molecule has 2 fully saturated rings. The molecule has 4 atom stereocenters. The van der Waals surface area contributed by atoms with E-state index in [2.05, 4.69) is 24.0 Å². The van der Waals surface area contributed by atoms with Crippen LogP contribution in [0.4, 0.5) is 0 Å². The van der Waals surface area contributed by atoms with Gasteiger partial charge >= 0.3 is 5.97 Å². The van der Waals surface area contributed by atoms with Crippen LogP contribution in [0.1, 0.15) is 78.9 Å². The quantitative estimate of drug-likeness (QED) is 0.356. The molecule has 1 aromatic carbocycles. The summed E-state index contributed by atoms with van der Waals surface area (Å²) in [7, 11) is 3.24. The number of fused-ring (bicyclic) bond motifs is 2. The van der Waals surface area contributed by atoms with Crippen LogP contribution in [0.5, 0.6) is 0 Å². The normalized spacial score (nSPS) is 23.3. The van der Waals surface area contributed by atoms with Gasteiger partial charge in [0.05, 0.1) is 25.2 Å². The van der Waals surface area contributed by atoms with E-state index in [1.165, 1.54) is 18.9 Å². The summed E-state index contributed by atoms with van der Waals surface area (Å²) in [6.45, 7) is 2.87. The number of methoxy groups -OCH3 is 1. The molecule has 1 amide bonds. The Balaban J connectivity index is 1.48. The second kappa shape index (κ2) is 11.2. The van der Waals surface area contributed by atoms with E-state index in [-0.39, 0.29) is 35.9 Å². The van der Waals surface area contributed by atoms with Gasteiger partial charge in [-0.15, -0.1) is 0 Å². The van der Waals surface area contributed by atoms with Crippen LogP contribution in [-0.2, 0) is 27.1 Å². The average molecular weight is 469 g/mol. The number of unbranched alkanes of at least 4 members (excludes halogenated alkanes) is 2. The molecule has 2 aliphatic rings. The van der Waals surface area contributed by atoms with Gasteiger partial charge in [-0.2, -0.15) is 0 Å². The Morgan fingerprint density at radius 3 is 2.68 bits per heavy atom. The third-order valence-electron chi connectivity index (χ3n) is 7.29. The molecule has 2 bridgehead atoms. The molecule has 3 heterocycles. The van der Waals surface area contributed by atoms with Crippen molar-refractivity contribution >= 4 is 11.9 Å². The van der Waals surface area contributed by atoms with Crippen LogP contribution in [-0.4, -0.2) is 54.7 Å². The van der Waals surface area contributed by atoms with E-state index in [0.29, 0.717) is 24.4 Å². The lowest BCUT2D eigenvalue weighted by atomic mass is 9.75. The molecule has 2 aromatic rings. The Morgan fingerprint density at radius 2 is 1.91 bits per heavy atom. The summed E-state index contributed by atoms with van der Waals surface area (Å²) in [4.78, 5) is 30.9. The highest BCUT2D eigenvalue weighted by molar-refractivity contribution is 5.91. The van der Waals surface area contributed by atoms with E-state index in [1.807, 2.05) is 19.2 Å². The van der Waals surface area contributed by atoms with Crippen LogP contribution in [0, 0.1) is 5.92 Å². The van der Waals surface area contributed by atoms with E-state index >= 15 is 0 Å². The van der Waals surface area contributed by atoms with Crippen LogP contribution >= 0.6 is 0 Å². The molecule has 7 nitrogen and oxygen atoms in total. The van der Waals surface area contributed by atoms with Crippen LogP contribution < -0.4 is 0 Å². The first-order valence-electron chi connectivity index (χ1n) is 12.5. The predicted octanol–water partition coefficient (Wildman–Crippen LogP) is 4.55. The van der Waals surface area contributed by atoms with Gasteiger partial charge in [-0.1, -0.05) is 44.0 Å². The van der Waals surface area contributed by atoms with E-state index in [0.717, 1.165) is 50.6 Å². The Hall–Kier alpha value is -2.67. The minimum atomic E-state index is -0.201. The van der Waals surface area contributed by atoms with Gasteiger partial charge in [-0.3, -0.25) is 9.59 Å². The number of carbonyl (C=O) groups excluding carboxylic acids is 2. The largest absolute Gasteiger partial charge is 0.469 e. The molecule has 0 radical (unpaired) electrons. The Kier molecular flexibility index (Phi) is 8.03.